The molecule has 1 aromatic heterocycles. The van der Waals surface area contributed by atoms with Crippen LogP contribution in [0.15, 0.2) is 20.2 Å². The molecule has 0 unspecified atom stereocenters. The van der Waals surface area contributed by atoms with E-state index in [9.17, 15) is 9.59 Å². The Balaban J connectivity index is 3.59. The molecular formula is C6H7NO3. The van der Waals surface area contributed by atoms with Gasteiger partial charge in [0.15, 0.2) is 0 Å². The minimum atomic E-state index is -0.629. The average Bonchev–Trinajstić information content (AvgIpc) is 1.84. The molecule has 0 aromatic carbocycles. The summed E-state index contributed by atoms with van der Waals surface area (Å²) in [7, 11) is 1.53. The van der Waals surface area contributed by atoms with Crippen molar-refractivity contribution in [2.75, 3.05) is 0 Å². The van der Waals surface area contributed by atoms with Crippen LogP contribution in [0.2, 0.25) is 0 Å². The Kier molecular flexibility index (Phi) is 1.45. The van der Waals surface area contributed by atoms with Crippen LogP contribution < -0.4 is 11.4 Å². The third-order valence-corrected chi connectivity index (χ3v) is 1.18. The molecule has 4 heteroatoms. The summed E-state index contributed by atoms with van der Waals surface area (Å²) in [5.74, 6) is -0.629. The predicted molar refractivity (Wildman–Crippen MR) is 35.0 cm³/mol. The van der Waals surface area contributed by atoms with Crippen LogP contribution >= 0.6 is 0 Å². The Hall–Kier alpha value is -1.32. The molecule has 0 bridgehead atoms. The van der Waals surface area contributed by atoms with E-state index in [1.54, 1.807) is 6.92 Å². The first-order valence-electron chi connectivity index (χ1n) is 2.78. The second-order valence-electron chi connectivity index (χ2n) is 2.08. The Morgan fingerprint density at radius 1 is 1.50 bits per heavy atom. The monoisotopic (exact) mass is 141 g/mol. The van der Waals surface area contributed by atoms with Gasteiger partial charge in [0.2, 0.25) is 0 Å². The van der Waals surface area contributed by atoms with Crippen molar-refractivity contribution in [1.29, 1.82) is 0 Å². The Bertz CT molecular complexity index is 315. The van der Waals surface area contributed by atoms with Gasteiger partial charge in [-0.25, -0.2) is 9.59 Å². The standard InChI is InChI=1S/C6H7NO3/c1-4-3-7(2)6(9)10-5(4)8/h3H,1-2H3. The van der Waals surface area contributed by atoms with E-state index in [1.807, 2.05) is 0 Å². The molecule has 0 N–H and O–H groups in total. The van der Waals surface area contributed by atoms with E-state index < -0.39 is 11.4 Å². The zero-order valence-electron chi connectivity index (χ0n) is 5.75. The van der Waals surface area contributed by atoms with Gasteiger partial charge in [-0.3, -0.25) is 4.57 Å². The summed E-state index contributed by atoms with van der Waals surface area (Å²) in [6.45, 7) is 1.59. The third-order valence-electron chi connectivity index (χ3n) is 1.18. The maximum absolute atomic E-state index is 10.6. The molecule has 0 saturated carbocycles. The Labute approximate surface area is 56.7 Å². The highest BCUT2D eigenvalue weighted by molar-refractivity contribution is 4.97. The van der Waals surface area contributed by atoms with E-state index in [4.69, 9.17) is 0 Å². The fraction of sp³-hybridized carbons (Fsp3) is 0.333. The van der Waals surface area contributed by atoms with Crippen LogP contribution in [0.1, 0.15) is 5.56 Å². The van der Waals surface area contributed by atoms with Gasteiger partial charge in [0.25, 0.3) is 0 Å². The van der Waals surface area contributed by atoms with Gasteiger partial charge >= 0.3 is 11.4 Å². The molecule has 0 spiro atoms. The first kappa shape index (κ1) is 6.80. The lowest BCUT2D eigenvalue weighted by atomic mass is 10.4. The second-order valence-corrected chi connectivity index (χ2v) is 2.08. The van der Waals surface area contributed by atoms with E-state index >= 15 is 0 Å². The van der Waals surface area contributed by atoms with Crippen molar-refractivity contribution in [2.45, 2.75) is 6.92 Å². The van der Waals surface area contributed by atoms with E-state index in [0.29, 0.717) is 5.56 Å². The van der Waals surface area contributed by atoms with Gasteiger partial charge in [0, 0.05) is 13.2 Å². The van der Waals surface area contributed by atoms with Gasteiger partial charge in [-0.1, -0.05) is 0 Å². The average molecular weight is 141 g/mol. The van der Waals surface area contributed by atoms with Crippen molar-refractivity contribution in [3.8, 4) is 0 Å². The van der Waals surface area contributed by atoms with Gasteiger partial charge < -0.3 is 4.42 Å². The maximum atomic E-state index is 10.6. The molecule has 54 valence electrons. The van der Waals surface area contributed by atoms with E-state index in [1.165, 1.54) is 17.8 Å². The summed E-state index contributed by atoms with van der Waals surface area (Å²) in [6, 6.07) is 0. The van der Waals surface area contributed by atoms with Crippen LogP contribution in [0.25, 0.3) is 0 Å². The number of hydrogen-bond donors (Lipinski definition) is 0. The summed E-state index contributed by atoms with van der Waals surface area (Å²) in [5.41, 5.74) is -0.134. The van der Waals surface area contributed by atoms with E-state index in [-0.39, 0.29) is 0 Å². The molecule has 1 heterocycles. The number of rotatable bonds is 0. The second kappa shape index (κ2) is 2.13. The molecule has 0 fully saturated rings. The molecule has 0 radical (unpaired) electrons. The zero-order valence-corrected chi connectivity index (χ0v) is 5.75. The number of aryl methyl sites for hydroxylation is 2. The van der Waals surface area contributed by atoms with Crippen molar-refractivity contribution < 1.29 is 4.42 Å². The highest BCUT2D eigenvalue weighted by Crippen LogP contribution is 1.80. The summed E-state index contributed by atoms with van der Waals surface area (Å²) in [6.07, 6.45) is 1.44. The van der Waals surface area contributed by atoms with Crippen molar-refractivity contribution in [3.63, 3.8) is 0 Å². The topological polar surface area (TPSA) is 52.2 Å². The predicted octanol–water partition coefficient (Wildman–Crippen LogP) is -0.353. The molecule has 0 aliphatic heterocycles. The first-order chi connectivity index (χ1) is 4.61. The molecule has 0 aliphatic rings. The highest BCUT2D eigenvalue weighted by Gasteiger charge is 1.96. The van der Waals surface area contributed by atoms with Gasteiger partial charge in [0.1, 0.15) is 0 Å². The van der Waals surface area contributed by atoms with Crippen LogP contribution in [0, 0.1) is 6.92 Å². The van der Waals surface area contributed by atoms with Gasteiger partial charge in [-0.15, -0.1) is 0 Å². The fourth-order valence-electron chi connectivity index (χ4n) is 0.628. The van der Waals surface area contributed by atoms with Gasteiger partial charge in [0.05, 0.1) is 5.56 Å². The lowest BCUT2D eigenvalue weighted by molar-refractivity contribution is 0.414. The molecule has 1 aromatic rings. The summed E-state index contributed by atoms with van der Waals surface area (Å²) >= 11 is 0. The van der Waals surface area contributed by atoms with Crippen LogP contribution in [0.4, 0.5) is 0 Å². The molecule has 0 amide bonds. The fourth-order valence-corrected chi connectivity index (χ4v) is 0.628. The smallest absolute Gasteiger partial charge is 0.372 e. The largest absolute Gasteiger partial charge is 0.421 e. The summed E-state index contributed by atoms with van der Waals surface area (Å²) in [5, 5.41) is 0. The van der Waals surface area contributed by atoms with Crippen LogP contribution in [-0.2, 0) is 7.05 Å². The minimum absolute atomic E-state index is 0.433. The normalized spacial score (nSPS) is 9.80. The Morgan fingerprint density at radius 2 is 2.10 bits per heavy atom. The molecule has 4 nitrogen and oxygen atoms in total. The molecule has 10 heavy (non-hydrogen) atoms. The summed E-state index contributed by atoms with van der Waals surface area (Å²) in [4.78, 5) is 21.2. The molecule has 1 rings (SSSR count). The van der Waals surface area contributed by atoms with Crippen LogP contribution in [0.3, 0.4) is 0 Å². The number of aromatic nitrogens is 1. The number of hydrogen-bond acceptors (Lipinski definition) is 3. The van der Waals surface area contributed by atoms with Crippen LogP contribution in [-0.4, -0.2) is 4.57 Å². The molecule has 0 atom stereocenters. The highest BCUT2D eigenvalue weighted by atomic mass is 16.4. The van der Waals surface area contributed by atoms with E-state index in [0.717, 1.165) is 0 Å². The lowest BCUT2D eigenvalue weighted by Crippen LogP contribution is -2.22. The van der Waals surface area contributed by atoms with Crippen molar-refractivity contribution in [3.05, 3.63) is 32.7 Å². The molecular weight excluding hydrogens is 134 g/mol. The maximum Gasteiger partial charge on any atom is 0.421 e. The zero-order chi connectivity index (χ0) is 7.72. The summed E-state index contributed by atoms with van der Waals surface area (Å²) < 4.78 is 5.51. The van der Waals surface area contributed by atoms with Crippen LogP contribution in [0.5, 0.6) is 0 Å². The SMILES string of the molecule is Cc1cn(C)c(=O)oc1=O. The first-order valence-corrected chi connectivity index (χ1v) is 2.78. The molecule has 0 saturated heterocycles. The minimum Gasteiger partial charge on any atom is -0.372 e. The van der Waals surface area contributed by atoms with Crippen molar-refractivity contribution in [1.82, 2.24) is 4.57 Å². The Morgan fingerprint density at radius 3 is 2.60 bits per heavy atom. The number of nitrogens with zero attached hydrogens (tertiary/aromatic N) is 1. The van der Waals surface area contributed by atoms with Gasteiger partial charge in [-0.05, 0) is 6.92 Å². The van der Waals surface area contributed by atoms with E-state index in [2.05, 4.69) is 4.42 Å². The van der Waals surface area contributed by atoms with Gasteiger partial charge in [-0.2, -0.15) is 0 Å². The van der Waals surface area contributed by atoms with Crippen molar-refractivity contribution in [2.24, 2.45) is 7.05 Å². The van der Waals surface area contributed by atoms with Crippen molar-refractivity contribution >= 4 is 0 Å². The third kappa shape index (κ3) is 1.00. The molecule has 0 aliphatic carbocycles. The lowest BCUT2D eigenvalue weighted by Gasteiger charge is -1.92. The quantitative estimate of drug-likeness (QED) is 0.496.